The SMILES string of the molecule is Cc1[nH]ncc1C(=O)N(CCC(N)=S)Cc1cccnc1. The van der Waals surface area contributed by atoms with Crippen LogP contribution in [0.1, 0.15) is 28.0 Å². The van der Waals surface area contributed by atoms with Crippen molar-refractivity contribution in [1.29, 1.82) is 0 Å². The molecular formula is C14H17N5OS. The molecule has 0 aliphatic rings. The lowest BCUT2D eigenvalue weighted by atomic mass is 10.2. The number of hydrogen-bond acceptors (Lipinski definition) is 4. The van der Waals surface area contributed by atoms with Crippen LogP contribution < -0.4 is 5.73 Å². The van der Waals surface area contributed by atoms with E-state index in [4.69, 9.17) is 18.0 Å². The third kappa shape index (κ3) is 4.09. The second kappa shape index (κ2) is 6.94. The highest BCUT2D eigenvalue weighted by molar-refractivity contribution is 7.80. The molecule has 2 aromatic heterocycles. The molecule has 0 aliphatic heterocycles. The molecule has 0 bridgehead atoms. The van der Waals surface area contributed by atoms with E-state index in [0.29, 0.717) is 30.1 Å². The van der Waals surface area contributed by atoms with Crippen LogP contribution in [0.15, 0.2) is 30.7 Å². The summed E-state index contributed by atoms with van der Waals surface area (Å²) in [6.45, 7) is 2.74. The number of carbonyl (C=O) groups is 1. The Bertz CT molecular complexity index is 625. The first-order chi connectivity index (χ1) is 10.1. The van der Waals surface area contributed by atoms with Crippen LogP contribution in [0.25, 0.3) is 0 Å². The summed E-state index contributed by atoms with van der Waals surface area (Å²) in [6, 6.07) is 3.77. The Morgan fingerprint density at radius 1 is 1.48 bits per heavy atom. The van der Waals surface area contributed by atoms with E-state index in [9.17, 15) is 4.79 Å². The number of rotatable bonds is 6. The maximum atomic E-state index is 12.6. The lowest BCUT2D eigenvalue weighted by Gasteiger charge is -2.22. The number of pyridine rings is 1. The molecule has 0 unspecified atom stereocenters. The molecular weight excluding hydrogens is 286 g/mol. The predicted octanol–water partition coefficient (Wildman–Crippen LogP) is 1.43. The van der Waals surface area contributed by atoms with Crippen LogP contribution >= 0.6 is 12.2 Å². The highest BCUT2D eigenvalue weighted by Crippen LogP contribution is 2.12. The van der Waals surface area contributed by atoms with Gasteiger partial charge in [-0.25, -0.2) is 0 Å². The molecule has 3 N–H and O–H groups in total. The summed E-state index contributed by atoms with van der Waals surface area (Å²) < 4.78 is 0. The molecule has 2 aromatic rings. The Kier molecular flexibility index (Phi) is 4.99. The number of nitrogens with two attached hydrogens (primary N) is 1. The average molecular weight is 303 g/mol. The van der Waals surface area contributed by atoms with E-state index in [0.717, 1.165) is 11.3 Å². The fraction of sp³-hybridized carbons (Fsp3) is 0.286. The van der Waals surface area contributed by atoms with Gasteiger partial charge in [0, 0.05) is 37.6 Å². The Hall–Kier alpha value is -2.28. The van der Waals surface area contributed by atoms with Gasteiger partial charge in [0.25, 0.3) is 5.91 Å². The Morgan fingerprint density at radius 3 is 2.86 bits per heavy atom. The van der Waals surface area contributed by atoms with Gasteiger partial charge in [-0.15, -0.1) is 0 Å². The van der Waals surface area contributed by atoms with Crippen LogP contribution in [0.2, 0.25) is 0 Å². The van der Waals surface area contributed by atoms with E-state index in [1.165, 1.54) is 6.20 Å². The molecule has 0 saturated carbocycles. The lowest BCUT2D eigenvalue weighted by molar-refractivity contribution is 0.0747. The molecule has 7 heteroatoms. The summed E-state index contributed by atoms with van der Waals surface area (Å²) in [5, 5.41) is 6.66. The second-order valence-corrected chi connectivity index (χ2v) is 5.24. The zero-order valence-electron chi connectivity index (χ0n) is 11.7. The minimum atomic E-state index is -0.0960. The van der Waals surface area contributed by atoms with Gasteiger partial charge >= 0.3 is 0 Å². The molecule has 6 nitrogen and oxygen atoms in total. The zero-order valence-corrected chi connectivity index (χ0v) is 12.6. The van der Waals surface area contributed by atoms with Gasteiger partial charge in [0.05, 0.1) is 16.7 Å². The lowest BCUT2D eigenvalue weighted by Crippen LogP contribution is -2.33. The number of aromatic nitrogens is 3. The fourth-order valence-corrected chi connectivity index (χ4v) is 2.04. The van der Waals surface area contributed by atoms with Gasteiger partial charge in [0.2, 0.25) is 0 Å². The van der Waals surface area contributed by atoms with Crippen LogP contribution in [-0.2, 0) is 6.54 Å². The maximum absolute atomic E-state index is 12.6. The van der Waals surface area contributed by atoms with E-state index in [1.807, 2.05) is 19.1 Å². The molecule has 1 amide bonds. The van der Waals surface area contributed by atoms with Crippen molar-refractivity contribution in [3.8, 4) is 0 Å². The number of aryl methyl sites for hydroxylation is 1. The van der Waals surface area contributed by atoms with Gasteiger partial charge in [-0.05, 0) is 18.6 Å². The quantitative estimate of drug-likeness (QED) is 0.788. The number of nitrogens with zero attached hydrogens (tertiary/aromatic N) is 3. The summed E-state index contributed by atoms with van der Waals surface area (Å²) in [6.07, 6.45) is 5.46. The minimum absolute atomic E-state index is 0.0960. The molecule has 2 heterocycles. The summed E-state index contributed by atoms with van der Waals surface area (Å²) in [5.74, 6) is -0.0960. The van der Waals surface area contributed by atoms with Crippen molar-refractivity contribution >= 4 is 23.1 Å². The largest absolute Gasteiger partial charge is 0.393 e. The molecule has 0 fully saturated rings. The summed E-state index contributed by atoms with van der Waals surface area (Å²) in [7, 11) is 0. The Balaban J connectivity index is 2.17. The highest BCUT2D eigenvalue weighted by Gasteiger charge is 2.19. The van der Waals surface area contributed by atoms with Gasteiger partial charge in [-0.3, -0.25) is 14.9 Å². The third-order valence-corrected chi connectivity index (χ3v) is 3.28. The van der Waals surface area contributed by atoms with Gasteiger partial charge in [0.15, 0.2) is 0 Å². The van der Waals surface area contributed by atoms with Gasteiger partial charge < -0.3 is 10.6 Å². The molecule has 0 saturated heterocycles. The second-order valence-electron chi connectivity index (χ2n) is 4.71. The van der Waals surface area contributed by atoms with Crippen molar-refractivity contribution < 1.29 is 4.79 Å². The molecule has 0 aromatic carbocycles. The van der Waals surface area contributed by atoms with Crippen molar-refractivity contribution in [2.45, 2.75) is 19.9 Å². The van der Waals surface area contributed by atoms with Crippen molar-refractivity contribution in [3.63, 3.8) is 0 Å². The molecule has 0 radical (unpaired) electrons. The first-order valence-electron chi connectivity index (χ1n) is 6.54. The first kappa shape index (κ1) is 15.1. The number of thiocarbonyl (C=S) groups is 1. The van der Waals surface area contributed by atoms with Gasteiger partial charge in [-0.1, -0.05) is 18.3 Å². The van der Waals surface area contributed by atoms with Crippen molar-refractivity contribution in [1.82, 2.24) is 20.1 Å². The van der Waals surface area contributed by atoms with Crippen molar-refractivity contribution in [2.75, 3.05) is 6.54 Å². The van der Waals surface area contributed by atoms with Gasteiger partial charge in [0.1, 0.15) is 0 Å². The molecule has 110 valence electrons. The van der Waals surface area contributed by atoms with Crippen molar-refractivity contribution in [2.24, 2.45) is 5.73 Å². The molecule has 0 aliphatic carbocycles. The predicted molar refractivity (Wildman–Crippen MR) is 83.7 cm³/mol. The summed E-state index contributed by atoms with van der Waals surface area (Å²) >= 11 is 4.90. The number of hydrogen-bond donors (Lipinski definition) is 2. The van der Waals surface area contributed by atoms with E-state index in [1.54, 1.807) is 17.3 Å². The minimum Gasteiger partial charge on any atom is -0.393 e. The van der Waals surface area contributed by atoms with Crippen LogP contribution in [0, 0.1) is 6.92 Å². The third-order valence-electron chi connectivity index (χ3n) is 3.07. The monoisotopic (exact) mass is 303 g/mol. The van der Waals surface area contributed by atoms with Crippen LogP contribution in [0.5, 0.6) is 0 Å². The standard InChI is InChI=1S/C14H17N5OS/c1-10-12(8-17-18-10)14(20)19(6-4-13(15)21)9-11-3-2-5-16-7-11/h2-3,5,7-8H,4,6,9H2,1H3,(H2,15,21)(H,17,18). The number of nitrogens with one attached hydrogen (secondary N) is 1. The zero-order chi connectivity index (χ0) is 15.2. The Labute approximate surface area is 128 Å². The molecule has 0 atom stereocenters. The topological polar surface area (TPSA) is 87.9 Å². The number of H-pyrrole nitrogens is 1. The fourth-order valence-electron chi connectivity index (χ4n) is 1.95. The summed E-state index contributed by atoms with van der Waals surface area (Å²) in [5.41, 5.74) is 7.80. The number of carbonyl (C=O) groups excluding carboxylic acids is 1. The molecule has 0 spiro atoms. The van der Waals surface area contributed by atoms with Crippen LogP contribution in [0.3, 0.4) is 0 Å². The van der Waals surface area contributed by atoms with E-state index >= 15 is 0 Å². The normalized spacial score (nSPS) is 10.3. The highest BCUT2D eigenvalue weighted by atomic mass is 32.1. The molecule has 21 heavy (non-hydrogen) atoms. The van der Waals surface area contributed by atoms with Crippen LogP contribution in [0.4, 0.5) is 0 Å². The van der Waals surface area contributed by atoms with Gasteiger partial charge in [-0.2, -0.15) is 5.10 Å². The average Bonchev–Trinajstić information content (AvgIpc) is 2.90. The first-order valence-corrected chi connectivity index (χ1v) is 6.95. The van der Waals surface area contributed by atoms with E-state index in [2.05, 4.69) is 15.2 Å². The van der Waals surface area contributed by atoms with Crippen LogP contribution in [-0.4, -0.2) is 37.5 Å². The van der Waals surface area contributed by atoms with Crippen molar-refractivity contribution in [3.05, 3.63) is 47.5 Å². The Morgan fingerprint density at radius 2 is 2.29 bits per heavy atom. The summed E-state index contributed by atoms with van der Waals surface area (Å²) in [4.78, 5) is 18.8. The maximum Gasteiger partial charge on any atom is 0.257 e. The van der Waals surface area contributed by atoms with E-state index < -0.39 is 0 Å². The smallest absolute Gasteiger partial charge is 0.257 e. The number of aromatic amines is 1. The molecule has 2 rings (SSSR count). The number of amides is 1. The van der Waals surface area contributed by atoms with E-state index in [-0.39, 0.29) is 5.91 Å².